The standard InChI is InChI=1S/C41H79N7O10/c1-35(2)41(53)58-36(3)34-48(20-12-18-46(22-14-37(49)54-30-26-42(4)5)23-15-38(50)55-31-27-43(6)7)21-13-19-47(24-16-39(51)56-32-28-44(8)9)25-17-40(52)57-33-29-45(10)11/h36H,1,12-34H2,2-11H3. The Morgan fingerprint density at radius 1 is 0.448 bits per heavy atom. The molecule has 1 unspecified atom stereocenters. The molecule has 0 aliphatic heterocycles. The first-order chi connectivity index (χ1) is 27.4. The van der Waals surface area contributed by atoms with E-state index >= 15 is 0 Å². The highest BCUT2D eigenvalue weighted by molar-refractivity contribution is 5.87. The Bertz CT molecular complexity index is 1040. The van der Waals surface area contributed by atoms with Crippen LogP contribution in [0.5, 0.6) is 0 Å². The minimum absolute atomic E-state index is 0.197. The fraction of sp³-hybridized carbons (Fsp3) is 0.829. The summed E-state index contributed by atoms with van der Waals surface area (Å²) in [6.07, 6.45) is 1.82. The van der Waals surface area contributed by atoms with Crippen molar-refractivity contribution in [3.63, 3.8) is 0 Å². The van der Waals surface area contributed by atoms with Gasteiger partial charge in [0.2, 0.25) is 0 Å². The molecule has 0 aromatic rings. The Morgan fingerprint density at radius 3 is 0.983 bits per heavy atom. The molecule has 0 rings (SSSR count). The molecule has 58 heavy (non-hydrogen) atoms. The van der Waals surface area contributed by atoms with Crippen molar-refractivity contribution in [1.29, 1.82) is 0 Å². The van der Waals surface area contributed by atoms with Crippen LogP contribution in [-0.4, -0.2) is 238 Å². The molecular weight excluding hydrogens is 750 g/mol. The minimum Gasteiger partial charge on any atom is -0.464 e. The molecule has 0 aromatic heterocycles. The molecule has 0 aromatic carbocycles. The lowest BCUT2D eigenvalue weighted by Gasteiger charge is -2.29. The first-order valence-electron chi connectivity index (χ1n) is 20.6. The van der Waals surface area contributed by atoms with Crippen LogP contribution in [-0.2, 0) is 47.7 Å². The summed E-state index contributed by atoms with van der Waals surface area (Å²) in [4.78, 5) is 76.6. The van der Waals surface area contributed by atoms with Gasteiger partial charge in [-0.1, -0.05) is 6.58 Å². The zero-order valence-corrected chi connectivity index (χ0v) is 37.8. The average Bonchev–Trinajstić information content (AvgIpc) is 3.12. The fourth-order valence-corrected chi connectivity index (χ4v) is 5.34. The van der Waals surface area contributed by atoms with Gasteiger partial charge in [-0.3, -0.25) is 24.1 Å². The van der Waals surface area contributed by atoms with E-state index in [2.05, 4.69) is 21.3 Å². The number of hydrogen-bond acceptors (Lipinski definition) is 17. The van der Waals surface area contributed by atoms with Gasteiger partial charge < -0.3 is 53.1 Å². The van der Waals surface area contributed by atoms with Crippen molar-refractivity contribution in [2.75, 3.05) is 168 Å². The van der Waals surface area contributed by atoms with Crippen molar-refractivity contribution in [1.82, 2.24) is 34.3 Å². The van der Waals surface area contributed by atoms with Crippen molar-refractivity contribution in [3.05, 3.63) is 12.2 Å². The maximum absolute atomic E-state index is 12.5. The number of carbonyl (C=O) groups excluding carboxylic acids is 5. The van der Waals surface area contributed by atoms with Gasteiger partial charge >= 0.3 is 29.8 Å². The Morgan fingerprint density at radius 2 is 0.724 bits per heavy atom. The summed E-state index contributed by atoms with van der Waals surface area (Å²) in [5.74, 6) is -1.60. The number of likely N-dealkylation sites (N-methyl/N-ethyl adjacent to an activating group) is 4. The molecule has 0 bridgehead atoms. The van der Waals surface area contributed by atoms with Crippen LogP contribution in [0.4, 0.5) is 0 Å². The molecule has 0 aliphatic rings. The van der Waals surface area contributed by atoms with Gasteiger partial charge in [0.25, 0.3) is 0 Å². The molecule has 338 valence electrons. The van der Waals surface area contributed by atoms with Crippen LogP contribution in [0.15, 0.2) is 12.2 Å². The van der Waals surface area contributed by atoms with Crippen LogP contribution in [0.3, 0.4) is 0 Å². The van der Waals surface area contributed by atoms with Gasteiger partial charge in [0, 0.05) is 64.5 Å². The zero-order valence-electron chi connectivity index (χ0n) is 37.8. The Labute approximate surface area is 349 Å². The highest BCUT2D eigenvalue weighted by atomic mass is 16.6. The summed E-state index contributed by atoms with van der Waals surface area (Å²) in [7, 11) is 15.3. The predicted octanol–water partition coefficient (Wildman–Crippen LogP) is 1.16. The quantitative estimate of drug-likeness (QED) is 0.0504. The first kappa shape index (κ1) is 54.8. The van der Waals surface area contributed by atoms with Gasteiger partial charge in [0.15, 0.2) is 0 Å². The molecule has 0 fully saturated rings. The van der Waals surface area contributed by atoms with Crippen molar-refractivity contribution in [3.8, 4) is 0 Å². The lowest BCUT2D eigenvalue weighted by atomic mass is 10.2. The molecular formula is C41H79N7O10. The van der Waals surface area contributed by atoms with Crippen molar-refractivity contribution >= 4 is 29.8 Å². The summed E-state index contributed by atoms with van der Waals surface area (Å²) in [6.45, 7) is 15.7. The van der Waals surface area contributed by atoms with Gasteiger partial charge in [-0.25, -0.2) is 4.79 Å². The van der Waals surface area contributed by atoms with Gasteiger partial charge in [-0.2, -0.15) is 0 Å². The lowest BCUT2D eigenvalue weighted by molar-refractivity contribution is -0.146. The summed E-state index contributed by atoms with van der Waals surface area (Å²) in [5, 5.41) is 0. The molecule has 0 saturated carbocycles. The highest BCUT2D eigenvalue weighted by Crippen LogP contribution is 2.08. The second-order valence-electron chi connectivity index (χ2n) is 15.8. The molecule has 0 amide bonds. The molecule has 0 N–H and O–H groups in total. The van der Waals surface area contributed by atoms with Crippen molar-refractivity contribution < 1.29 is 47.7 Å². The molecule has 0 aliphatic carbocycles. The van der Waals surface area contributed by atoms with E-state index < -0.39 is 12.1 Å². The molecule has 0 heterocycles. The number of ether oxygens (including phenoxy) is 5. The number of esters is 5. The topological polar surface area (TPSA) is 154 Å². The summed E-state index contributed by atoms with van der Waals surface area (Å²) >= 11 is 0. The minimum atomic E-state index is -0.449. The van der Waals surface area contributed by atoms with E-state index in [1.54, 1.807) is 6.92 Å². The second-order valence-corrected chi connectivity index (χ2v) is 15.8. The normalized spacial score (nSPS) is 12.2. The lowest BCUT2D eigenvalue weighted by Crippen LogP contribution is -2.39. The molecule has 0 saturated heterocycles. The summed E-state index contributed by atoms with van der Waals surface area (Å²) in [5.41, 5.74) is 0.325. The van der Waals surface area contributed by atoms with E-state index in [0.29, 0.717) is 130 Å². The molecule has 0 spiro atoms. The van der Waals surface area contributed by atoms with Crippen LogP contribution >= 0.6 is 0 Å². The molecule has 17 nitrogen and oxygen atoms in total. The van der Waals surface area contributed by atoms with Gasteiger partial charge in [-0.05, 0) is 109 Å². The SMILES string of the molecule is C=C(C)C(=O)OC(C)CN(CCCN(CCC(=O)OCCN(C)C)CCC(=O)OCCN(C)C)CCCN(CCC(=O)OCCN(C)C)CCC(=O)OCCN(C)C. The van der Waals surface area contributed by atoms with E-state index in [1.807, 2.05) is 82.9 Å². The van der Waals surface area contributed by atoms with E-state index in [0.717, 1.165) is 0 Å². The average molecular weight is 830 g/mol. The third kappa shape index (κ3) is 33.7. The van der Waals surface area contributed by atoms with Gasteiger partial charge in [0.05, 0.1) is 25.7 Å². The third-order valence-electron chi connectivity index (χ3n) is 8.80. The molecule has 1 atom stereocenters. The van der Waals surface area contributed by atoms with Crippen LogP contribution in [0.25, 0.3) is 0 Å². The number of rotatable bonds is 36. The van der Waals surface area contributed by atoms with Gasteiger partial charge in [-0.15, -0.1) is 0 Å². The molecule has 17 heteroatoms. The van der Waals surface area contributed by atoms with E-state index in [1.165, 1.54) is 0 Å². The fourth-order valence-electron chi connectivity index (χ4n) is 5.34. The van der Waals surface area contributed by atoms with Crippen molar-refractivity contribution in [2.24, 2.45) is 0 Å². The zero-order chi connectivity index (χ0) is 43.9. The predicted molar refractivity (Wildman–Crippen MR) is 225 cm³/mol. The van der Waals surface area contributed by atoms with E-state index in [9.17, 15) is 24.0 Å². The number of hydrogen-bond donors (Lipinski definition) is 0. The largest absolute Gasteiger partial charge is 0.464 e. The van der Waals surface area contributed by atoms with Crippen molar-refractivity contribution in [2.45, 2.75) is 58.5 Å². The van der Waals surface area contributed by atoms with Crippen LogP contribution in [0.2, 0.25) is 0 Å². The summed E-state index contributed by atoms with van der Waals surface area (Å²) < 4.78 is 27.2. The highest BCUT2D eigenvalue weighted by Gasteiger charge is 2.19. The number of carbonyl (C=O) groups is 5. The maximum Gasteiger partial charge on any atom is 0.333 e. The smallest absolute Gasteiger partial charge is 0.333 e. The first-order valence-corrected chi connectivity index (χ1v) is 20.6. The Kier molecular flexibility index (Phi) is 31.8. The van der Waals surface area contributed by atoms with Crippen LogP contribution < -0.4 is 0 Å². The van der Waals surface area contributed by atoms with E-state index in [-0.39, 0.29) is 49.6 Å². The third-order valence-corrected chi connectivity index (χ3v) is 8.80. The van der Waals surface area contributed by atoms with Crippen LogP contribution in [0.1, 0.15) is 52.4 Å². The van der Waals surface area contributed by atoms with Crippen LogP contribution in [0, 0.1) is 0 Å². The van der Waals surface area contributed by atoms with Gasteiger partial charge in [0.1, 0.15) is 32.5 Å². The monoisotopic (exact) mass is 830 g/mol. The summed E-state index contributed by atoms with van der Waals surface area (Å²) in [6, 6.07) is 0. The Balaban J connectivity index is 5.68. The Hall–Kier alpha value is -3.19. The second kappa shape index (κ2) is 33.6. The van der Waals surface area contributed by atoms with E-state index in [4.69, 9.17) is 23.7 Å². The maximum atomic E-state index is 12.5. The molecule has 0 radical (unpaired) electrons. The number of nitrogens with zero attached hydrogens (tertiary/aromatic N) is 7.